The van der Waals surface area contributed by atoms with Crippen molar-refractivity contribution in [3.05, 3.63) is 40.0 Å². The van der Waals surface area contributed by atoms with Gasteiger partial charge < -0.3 is 5.11 Å². The van der Waals surface area contributed by atoms with Crippen LogP contribution in [0.5, 0.6) is 0 Å². The Balaban J connectivity index is 2.30. The smallest absolute Gasteiger partial charge is 0.309 e. The predicted molar refractivity (Wildman–Crippen MR) is 65.4 cm³/mol. The zero-order chi connectivity index (χ0) is 12.4. The van der Waals surface area contributed by atoms with Gasteiger partial charge in [-0.25, -0.2) is 0 Å². The Morgan fingerprint density at radius 3 is 2.71 bits per heavy atom. The van der Waals surface area contributed by atoms with Crippen molar-refractivity contribution in [1.82, 2.24) is 10.2 Å². The number of halogens is 2. The van der Waals surface area contributed by atoms with Gasteiger partial charge >= 0.3 is 5.97 Å². The molecule has 0 unspecified atom stereocenters. The summed E-state index contributed by atoms with van der Waals surface area (Å²) in [5, 5.41) is 16.2. The van der Waals surface area contributed by atoms with E-state index in [9.17, 15) is 4.79 Å². The van der Waals surface area contributed by atoms with Gasteiger partial charge in [-0.3, -0.25) is 9.89 Å². The first-order chi connectivity index (χ1) is 8.06. The minimum atomic E-state index is -0.919. The lowest BCUT2D eigenvalue weighted by atomic mass is 10.1. The summed E-state index contributed by atoms with van der Waals surface area (Å²) in [6, 6.07) is 6.83. The molecule has 0 radical (unpaired) electrons. The number of carboxylic acids is 1. The summed E-state index contributed by atoms with van der Waals surface area (Å²) in [7, 11) is 0. The van der Waals surface area contributed by atoms with Gasteiger partial charge in [0.05, 0.1) is 27.9 Å². The van der Waals surface area contributed by atoms with Crippen LogP contribution in [0.25, 0.3) is 11.3 Å². The van der Waals surface area contributed by atoms with Crippen LogP contribution < -0.4 is 0 Å². The molecule has 2 N–H and O–H groups in total. The van der Waals surface area contributed by atoms with Gasteiger partial charge in [-0.2, -0.15) is 5.10 Å². The van der Waals surface area contributed by atoms with Gasteiger partial charge in [0, 0.05) is 5.56 Å². The Kier molecular flexibility index (Phi) is 3.36. The molecule has 2 rings (SSSR count). The molecule has 1 aromatic carbocycles. The molecule has 0 bridgehead atoms. The van der Waals surface area contributed by atoms with E-state index in [-0.39, 0.29) is 6.42 Å². The van der Waals surface area contributed by atoms with Crippen LogP contribution >= 0.6 is 23.2 Å². The lowest BCUT2D eigenvalue weighted by Gasteiger charge is -1.99. The molecule has 0 aliphatic carbocycles. The van der Waals surface area contributed by atoms with Crippen LogP contribution in [0.2, 0.25) is 10.0 Å². The highest BCUT2D eigenvalue weighted by molar-refractivity contribution is 6.42. The number of carboxylic acid groups (broad SMARTS) is 1. The van der Waals surface area contributed by atoms with Crippen LogP contribution in [0.1, 0.15) is 5.69 Å². The van der Waals surface area contributed by atoms with E-state index < -0.39 is 5.97 Å². The van der Waals surface area contributed by atoms with Crippen LogP contribution in [0.15, 0.2) is 24.3 Å². The summed E-state index contributed by atoms with van der Waals surface area (Å²) in [5.74, 6) is -0.919. The van der Waals surface area contributed by atoms with Gasteiger partial charge in [-0.15, -0.1) is 0 Å². The molecule has 6 heteroatoms. The molecule has 1 aromatic heterocycles. The minimum absolute atomic E-state index is 0.113. The van der Waals surface area contributed by atoms with Crippen LogP contribution in [0, 0.1) is 0 Å². The molecule has 0 aliphatic heterocycles. The first-order valence-electron chi connectivity index (χ1n) is 4.78. The third-order valence-electron chi connectivity index (χ3n) is 2.19. The van der Waals surface area contributed by atoms with Crippen molar-refractivity contribution in [1.29, 1.82) is 0 Å². The molecule has 0 saturated carbocycles. The number of aromatic nitrogens is 2. The van der Waals surface area contributed by atoms with Gasteiger partial charge in [-0.05, 0) is 18.2 Å². The molecule has 0 saturated heterocycles. The molecule has 2 aromatic rings. The standard InChI is InChI=1S/C11H8Cl2N2O2/c12-8-2-1-6(3-9(8)13)10-4-7(14-15-10)5-11(16)17/h1-4H,5H2,(H,14,15)(H,16,17). The number of nitrogens with zero attached hydrogens (tertiary/aromatic N) is 1. The quantitative estimate of drug-likeness (QED) is 0.901. The molecular formula is C11H8Cl2N2O2. The first kappa shape index (κ1) is 12.0. The summed E-state index contributed by atoms with van der Waals surface area (Å²) < 4.78 is 0. The lowest BCUT2D eigenvalue weighted by molar-refractivity contribution is -0.136. The van der Waals surface area contributed by atoms with Gasteiger partial charge in [0.1, 0.15) is 0 Å². The average Bonchev–Trinajstić information content (AvgIpc) is 2.69. The topological polar surface area (TPSA) is 66.0 Å². The summed E-state index contributed by atoms with van der Waals surface area (Å²) in [5.41, 5.74) is 1.99. The number of nitrogens with one attached hydrogen (secondary N) is 1. The maximum atomic E-state index is 10.5. The first-order valence-corrected chi connectivity index (χ1v) is 5.53. The predicted octanol–water partition coefficient (Wildman–Crippen LogP) is 3.01. The van der Waals surface area contributed by atoms with Crippen LogP contribution in [-0.2, 0) is 11.2 Å². The van der Waals surface area contributed by atoms with Crippen LogP contribution in [-0.4, -0.2) is 21.3 Å². The van der Waals surface area contributed by atoms with Gasteiger partial charge in [0.15, 0.2) is 0 Å². The van der Waals surface area contributed by atoms with Crippen molar-refractivity contribution in [2.24, 2.45) is 0 Å². The number of aromatic amines is 1. The van der Waals surface area contributed by atoms with Crippen molar-refractivity contribution in [2.45, 2.75) is 6.42 Å². The molecular weight excluding hydrogens is 263 g/mol. The Morgan fingerprint density at radius 1 is 1.29 bits per heavy atom. The fourth-order valence-electron chi connectivity index (χ4n) is 1.42. The summed E-state index contributed by atoms with van der Waals surface area (Å²) in [6.07, 6.45) is -0.113. The second-order valence-corrected chi connectivity index (χ2v) is 4.29. The number of rotatable bonds is 3. The Labute approximate surface area is 107 Å². The molecule has 88 valence electrons. The van der Waals surface area contributed by atoms with Crippen molar-refractivity contribution >= 4 is 29.2 Å². The Morgan fingerprint density at radius 2 is 2.06 bits per heavy atom. The minimum Gasteiger partial charge on any atom is -0.481 e. The Hall–Kier alpha value is -1.52. The third kappa shape index (κ3) is 2.78. The maximum absolute atomic E-state index is 10.5. The number of carbonyl (C=O) groups is 1. The van der Waals surface area contributed by atoms with E-state index in [4.69, 9.17) is 28.3 Å². The number of hydrogen-bond donors (Lipinski definition) is 2. The van der Waals surface area contributed by atoms with E-state index in [0.29, 0.717) is 21.4 Å². The fraction of sp³-hybridized carbons (Fsp3) is 0.0909. The highest BCUT2D eigenvalue weighted by Gasteiger charge is 2.08. The van der Waals surface area contributed by atoms with E-state index in [2.05, 4.69) is 10.2 Å². The fourth-order valence-corrected chi connectivity index (χ4v) is 1.72. The van der Waals surface area contributed by atoms with Crippen LogP contribution in [0.3, 0.4) is 0 Å². The largest absolute Gasteiger partial charge is 0.481 e. The van der Waals surface area contributed by atoms with Crippen LogP contribution in [0.4, 0.5) is 0 Å². The van der Waals surface area contributed by atoms with Crippen molar-refractivity contribution < 1.29 is 9.90 Å². The molecule has 0 atom stereocenters. The van der Waals surface area contributed by atoms with E-state index >= 15 is 0 Å². The van der Waals surface area contributed by atoms with Gasteiger partial charge in [-0.1, -0.05) is 29.3 Å². The molecule has 1 heterocycles. The number of H-pyrrole nitrogens is 1. The molecule has 0 aliphatic rings. The molecule has 17 heavy (non-hydrogen) atoms. The van der Waals surface area contributed by atoms with Crippen molar-refractivity contribution in [3.8, 4) is 11.3 Å². The zero-order valence-electron chi connectivity index (χ0n) is 8.58. The summed E-state index contributed by atoms with van der Waals surface area (Å²) in [6.45, 7) is 0. The van der Waals surface area contributed by atoms with Gasteiger partial charge in [0.25, 0.3) is 0 Å². The number of hydrogen-bond acceptors (Lipinski definition) is 2. The van der Waals surface area contributed by atoms with Crippen molar-refractivity contribution in [2.75, 3.05) is 0 Å². The van der Waals surface area contributed by atoms with E-state index in [0.717, 1.165) is 5.56 Å². The van der Waals surface area contributed by atoms with E-state index in [1.807, 2.05) is 0 Å². The SMILES string of the molecule is O=C(O)Cc1cc(-c2ccc(Cl)c(Cl)c2)[nH]n1. The van der Waals surface area contributed by atoms with Crippen molar-refractivity contribution in [3.63, 3.8) is 0 Å². The summed E-state index contributed by atoms with van der Waals surface area (Å²) >= 11 is 11.7. The lowest BCUT2D eigenvalue weighted by Crippen LogP contribution is -1.99. The monoisotopic (exact) mass is 270 g/mol. The second kappa shape index (κ2) is 4.77. The maximum Gasteiger partial charge on any atom is 0.309 e. The number of benzene rings is 1. The number of aliphatic carboxylic acids is 1. The summed E-state index contributed by atoms with van der Waals surface area (Å²) in [4.78, 5) is 10.5. The highest BCUT2D eigenvalue weighted by Crippen LogP contribution is 2.27. The Bertz CT molecular complexity index is 566. The normalized spacial score (nSPS) is 10.5. The molecule has 0 amide bonds. The zero-order valence-corrected chi connectivity index (χ0v) is 10.1. The third-order valence-corrected chi connectivity index (χ3v) is 2.93. The average molecular weight is 271 g/mol. The highest BCUT2D eigenvalue weighted by atomic mass is 35.5. The van der Waals surface area contributed by atoms with E-state index in [1.165, 1.54) is 0 Å². The molecule has 4 nitrogen and oxygen atoms in total. The van der Waals surface area contributed by atoms with E-state index in [1.54, 1.807) is 24.3 Å². The second-order valence-electron chi connectivity index (χ2n) is 3.47. The molecule has 0 fully saturated rings. The van der Waals surface area contributed by atoms with Gasteiger partial charge in [0.2, 0.25) is 0 Å². The molecule has 0 spiro atoms.